The third-order valence-corrected chi connectivity index (χ3v) is 25.4. The molecule has 0 saturated heterocycles. The maximum absolute atomic E-state index is 13.6. The molecule has 0 saturated carbocycles. The van der Waals surface area contributed by atoms with Crippen LogP contribution in [0.4, 0.5) is 0 Å². The Hall–Kier alpha value is -6.06. The van der Waals surface area contributed by atoms with Crippen LogP contribution in [0.25, 0.3) is 0 Å². The summed E-state index contributed by atoms with van der Waals surface area (Å²) in [5, 5.41) is 11.5. The van der Waals surface area contributed by atoms with Gasteiger partial charge in [-0.2, -0.15) is 0 Å². The maximum atomic E-state index is 13.6. The average Bonchev–Trinajstić information content (AvgIpc) is 0.781. The molecule has 36 heteroatoms. The lowest BCUT2D eigenvalue weighted by Crippen LogP contribution is -2.31. The van der Waals surface area contributed by atoms with Gasteiger partial charge in [0.2, 0.25) is 30.1 Å². The summed E-state index contributed by atoms with van der Waals surface area (Å²) in [5.74, 6) is -2.12. The number of amides is 3. The first-order valence-electron chi connectivity index (χ1n) is 38.2. The molecule has 117 heavy (non-hydrogen) atoms. The molecule has 0 radical (unpaired) electrons. The molecule has 3 aliphatic heterocycles. The predicted molar refractivity (Wildman–Crippen MR) is 450 cm³/mol. The van der Waals surface area contributed by atoms with E-state index in [1.807, 2.05) is 57.5 Å². The van der Waals surface area contributed by atoms with Crippen LogP contribution in [0, 0.1) is 0 Å². The van der Waals surface area contributed by atoms with Crippen molar-refractivity contribution in [2.24, 2.45) is 0 Å². The summed E-state index contributed by atoms with van der Waals surface area (Å²) in [4.78, 5) is 47.6. The Kier molecular flexibility index (Phi) is 36.9. The van der Waals surface area contributed by atoms with Crippen molar-refractivity contribution < 1.29 is 82.3 Å². The van der Waals surface area contributed by atoms with Crippen molar-refractivity contribution >= 4 is 117 Å². The summed E-state index contributed by atoms with van der Waals surface area (Å²) >= 11 is 38.8. The van der Waals surface area contributed by atoms with E-state index in [9.17, 15) is 39.6 Å². The molecule has 0 spiro atoms. The van der Waals surface area contributed by atoms with Crippen molar-refractivity contribution in [3.63, 3.8) is 0 Å². The standard InChI is InChI=1S/C81H99Cl6N9O18S3/c1-94-49-70(67-43-61(82)46-76(85)73(67)52-94)55-7-4-10-64(40-55)115(100,101)91-16-22-109-28-34-112-31-25-106-19-13-88-79(97)58-37-59(80(98)89-14-20-107-26-32-113-35-29-110-23-17-92-116(102,103)65-11-5-8-56(41-65)71-50-95(2)53-74-68(71)44-62(83)47-77(74)86)39-60(38-58)81(99)90-15-21-108-27-33-114-36-30-111-24-18-93-117(104,105)66-12-6-9-57(42-66)72-51-96(3)54-75-69(72)45-63(84)48-78(75)87/h4-12,37-48,70-72,91-93H,13-36,49-54H2,1-3H3,(H,88,97)(H,89,98)(H,90,99)/t70-,71-,72-/m0/s1. The second-order valence-corrected chi connectivity index (χ2v) is 35.9. The van der Waals surface area contributed by atoms with E-state index < -0.39 is 47.8 Å². The fraction of sp³-hybridized carbons (Fsp3) is 0.444. The molecule has 3 amide bonds. The average molecular weight is 1800 g/mol. The number of nitrogens with zero attached hydrogens (tertiary/aromatic N) is 3. The summed E-state index contributed by atoms with van der Waals surface area (Å²) < 4.78 is 139. The Bertz CT molecular complexity index is 4390. The summed E-state index contributed by atoms with van der Waals surface area (Å²) in [7, 11) is -5.63. The van der Waals surface area contributed by atoms with Crippen LogP contribution < -0.4 is 30.1 Å². The summed E-state index contributed by atoms with van der Waals surface area (Å²) in [6.45, 7) is 7.28. The van der Waals surface area contributed by atoms with Crippen LogP contribution in [-0.2, 0) is 92.3 Å². The summed E-state index contributed by atoms with van der Waals surface area (Å²) in [5.41, 5.74) is 8.38. The van der Waals surface area contributed by atoms with Crippen LogP contribution in [0.2, 0.25) is 30.1 Å². The van der Waals surface area contributed by atoms with Gasteiger partial charge < -0.3 is 73.3 Å². The van der Waals surface area contributed by atoms with Crippen LogP contribution in [0.15, 0.2) is 142 Å². The number of likely N-dealkylation sites (N-methyl/N-ethyl adjacent to an activating group) is 3. The Balaban J connectivity index is 0.601. The number of carbonyl (C=O) groups is 3. The number of fused-ring (bicyclic) bond motifs is 3. The lowest BCUT2D eigenvalue weighted by atomic mass is 9.85. The molecule has 7 aromatic carbocycles. The second-order valence-electron chi connectivity index (χ2n) is 28.1. The first-order chi connectivity index (χ1) is 56.2. The number of halogens is 6. The van der Waals surface area contributed by atoms with Gasteiger partial charge in [-0.3, -0.25) is 14.4 Å². The van der Waals surface area contributed by atoms with E-state index in [-0.39, 0.29) is 207 Å². The largest absolute Gasteiger partial charge is 0.378 e. The van der Waals surface area contributed by atoms with Gasteiger partial charge in [-0.05, 0) is 162 Å². The third-order valence-electron chi connectivity index (χ3n) is 19.4. The van der Waals surface area contributed by atoms with Crippen molar-refractivity contribution in [3.8, 4) is 0 Å². The molecule has 27 nitrogen and oxygen atoms in total. The highest BCUT2D eigenvalue weighted by Crippen LogP contribution is 2.42. The molecule has 6 N–H and O–H groups in total. The number of sulfonamides is 3. The van der Waals surface area contributed by atoms with E-state index in [0.717, 1.165) is 50.1 Å². The van der Waals surface area contributed by atoms with Crippen LogP contribution in [0.1, 0.15) is 98.9 Å². The zero-order chi connectivity index (χ0) is 83.5. The van der Waals surface area contributed by atoms with Crippen LogP contribution in [-0.4, -0.2) is 257 Å². The van der Waals surface area contributed by atoms with Crippen molar-refractivity contribution in [1.82, 2.24) is 44.8 Å². The molecule has 0 unspecified atom stereocenters. The SMILES string of the molecule is CN1Cc2c(Cl)cc(Cl)cc2[C@H](c2cccc(S(=O)(=O)NCCOCCOCCOCCNC(=O)c3cc(C(=O)NCCOCCOCCOCCNS(=O)(=O)c4cccc([C@@H]5CN(C)Cc6c(Cl)cc(Cl)cc65)c4)cc(C(=O)NCCOCCOCCOCCNS(=O)(=O)c4cccc([C@@H]5CN(C)Cc6c(Cl)cc(Cl)cc65)c4)c3)c2)C1. The summed E-state index contributed by atoms with van der Waals surface area (Å²) in [6.07, 6.45) is 0. The smallest absolute Gasteiger partial charge is 0.251 e. The molecule has 7 aromatic rings. The minimum absolute atomic E-state index is 0.0324. The Morgan fingerprint density at radius 2 is 0.556 bits per heavy atom. The van der Waals surface area contributed by atoms with Crippen LogP contribution in [0.3, 0.4) is 0 Å². The van der Waals surface area contributed by atoms with E-state index in [1.165, 1.54) is 18.2 Å². The highest BCUT2D eigenvalue weighted by molar-refractivity contribution is 7.90. The minimum atomic E-state index is -3.86. The third kappa shape index (κ3) is 28.2. The molecule has 0 aliphatic carbocycles. The molecule has 0 aromatic heterocycles. The van der Waals surface area contributed by atoms with Gasteiger partial charge in [-0.1, -0.05) is 106 Å². The van der Waals surface area contributed by atoms with Gasteiger partial charge in [0.25, 0.3) is 17.7 Å². The molecular formula is C81H99Cl6N9O18S3. The first kappa shape index (κ1) is 93.2. The molecule has 0 fully saturated rings. The number of hydrogen-bond acceptors (Lipinski definition) is 21. The maximum Gasteiger partial charge on any atom is 0.251 e. The molecule has 3 aliphatic rings. The summed E-state index contributed by atoms with van der Waals surface area (Å²) in [6, 6.07) is 35.4. The van der Waals surface area contributed by atoms with Crippen LogP contribution in [0.5, 0.6) is 0 Å². The van der Waals surface area contributed by atoms with E-state index in [0.29, 0.717) is 69.4 Å². The monoisotopic (exact) mass is 1790 g/mol. The van der Waals surface area contributed by atoms with Gasteiger partial charge in [0.05, 0.1) is 134 Å². The van der Waals surface area contributed by atoms with Gasteiger partial charge in [-0.15, -0.1) is 0 Å². The van der Waals surface area contributed by atoms with Crippen molar-refractivity contribution in [2.45, 2.75) is 52.1 Å². The Morgan fingerprint density at radius 1 is 0.325 bits per heavy atom. The van der Waals surface area contributed by atoms with Gasteiger partial charge in [0.1, 0.15) is 0 Å². The van der Waals surface area contributed by atoms with E-state index >= 15 is 0 Å². The fourth-order valence-electron chi connectivity index (χ4n) is 13.7. The Labute approximate surface area is 714 Å². The number of nitrogens with one attached hydrogen (secondary N) is 6. The predicted octanol–water partition coefficient (Wildman–Crippen LogP) is 9.61. The lowest BCUT2D eigenvalue weighted by Gasteiger charge is -2.33. The van der Waals surface area contributed by atoms with Crippen molar-refractivity contribution in [2.75, 3.05) is 199 Å². The minimum Gasteiger partial charge on any atom is -0.378 e. The molecule has 636 valence electrons. The lowest BCUT2D eigenvalue weighted by molar-refractivity contribution is 0.0162. The van der Waals surface area contributed by atoms with E-state index in [2.05, 4.69) is 44.8 Å². The number of hydrogen-bond donors (Lipinski definition) is 6. The van der Waals surface area contributed by atoms with Gasteiger partial charge in [0.15, 0.2) is 0 Å². The molecule has 3 heterocycles. The topological polar surface area (TPSA) is 319 Å². The zero-order valence-electron chi connectivity index (χ0n) is 65.3. The van der Waals surface area contributed by atoms with Crippen molar-refractivity contribution in [1.29, 1.82) is 0 Å². The first-order valence-corrected chi connectivity index (χ1v) is 44.9. The van der Waals surface area contributed by atoms with Crippen LogP contribution >= 0.6 is 69.6 Å². The highest BCUT2D eigenvalue weighted by atomic mass is 35.5. The highest BCUT2D eigenvalue weighted by Gasteiger charge is 2.32. The normalized spacial score (nSPS) is 16.0. The number of carbonyl (C=O) groups excluding carboxylic acids is 3. The fourth-order valence-corrected chi connectivity index (χ4v) is 18.7. The van der Waals surface area contributed by atoms with Gasteiger partial charge in [0, 0.05) is 143 Å². The number of rotatable bonds is 48. The van der Waals surface area contributed by atoms with Crippen molar-refractivity contribution in [3.05, 3.63) is 224 Å². The molecule has 0 bridgehead atoms. The number of benzene rings is 7. The van der Waals surface area contributed by atoms with E-state index in [4.69, 9.17) is 112 Å². The molecular weight excluding hydrogens is 1700 g/mol. The van der Waals surface area contributed by atoms with Gasteiger partial charge in [-0.25, -0.2) is 39.4 Å². The molecule has 10 rings (SSSR count). The molecule has 3 atom stereocenters. The Morgan fingerprint density at radius 3 is 0.803 bits per heavy atom. The quantitative estimate of drug-likeness (QED) is 0.0193. The zero-order valence-corrected chi connectivity index (χ0v) is 72.2. The van der Waals surface area contributed by atoms with Gasteiger partial charge >= 0.3 is 0 Å². The van der Waals surface area contributed by atoms with E-state index in [1.54, 1.807) is 72.8 Å². The number of ether oxygens (including phenoxy) is 9. The second kappa shape index (κ2) is 46.3.